The first-order chi connectivity index (χ1) is 9.38. The molecule has 0 aliphatic carbocycles. The Morgan fingerprint density at radius 3 is 2.40 bits per heavy atom. The van der Waals surface area contributed by atoms with Crippen LogP contribution in [-0.2, 0) is 14.4 Å². The number of carbonyl (C=O) groups is 3. The van der Waals surface area contributed by atoms with Crippen molar-refractivity contribution in [3.8, 4) is 0 Å². The number of nitrogens with zero attached hydrogens (tertiary/aromatic N) is 1. The van der Waals surface area contributed by atoms with Crippen LogP contribution in [0.5, 0.6) is 0 Å². The number of hydrogen-bond acceptors (Lipinski definition) is 4. The van der Waals surface area contributed by atoms with Crippen LogP contribution in [-0.4, -0.2) is 47.4 Å². The third-order valence-corrected chi connectivity index (χ3v) is 3.19. The Hall–Kier alpha value is -1.68. The lowest BCUT2D eigenvalue weighted by Crippen LogP contribution is -2.41. The number of hydrogen-bond donors (Lipinski definition) is 3. The summed E-state index contributed by atoms with van der Waals surface area (Å²) in [5.74, 6) is -2.22. The lowest BCUT2D eigenvalue weighted by molar-refractivity contribution is -0.138. The molecule has 0 spiro atoms. The van der Waals surface area contributed by atoms with Gasteiger partial charge in [-0.15, -0.1) is 0 Å². The summed E-state index contributed by atoms with van der Waals surface area (Å²) < 4.78 is 0.859. The molecule has 0 unspecified atom stereocenters. The zero-order valence-corrected chi connectivity index (χ0v) is 12.7. The van der Waals surface area contributed by atoms with E-state index in [-0.39, 0.29) is 13.1 Å². The molecule has 0 saturated heterocycles. The summed E-state index contributed by atoms with van der Waals surface area (Å²) in [5, 5.41) is 11.4. The summed E-state index contributed by atoms with van der Waals surface area (Å²) in [7, 11) is 0. The number of amides is 2. The molecule has 108 valence electrons. The first kappa shape index (κ1) is 16.4. The third-order valence-electron chi connectivity index (χ3n) is 2.25. The van der Waals surface area contributed by atoms with Gasteiger partial charge in [0.15, 0.2) is 0 Å². The lowest BCUT2D eigenvalue weighted by atomic mass is 10.3. The average molecular weight is 391 g/mol. The second kappa shape index (κ2) is 7.80. The second-order valence-electron chi connectivity index (χ2n) is 4.03. The van der Waals surface area contributed by atoms with Crippen LogP contribution in [0, 0.1) is 3.57 Å². The molecule has 0 fully saturated rings. The molecule has 7 nitrogen and oxygen atoms in total. The Morgan fingerprint density at radius 2 is 1.85 bits per heavy atom. The smallest absolute Gasteiger partial charge is 0.317 e. The zero-order valence-electron chi connectivity index (χ0n) is 10.5. The maximum Gasteiger partial charge on any atom is 0.317 e. The first-order valence-corrected chi connectivity index (χ1v) is 6.73. The number of rotatable bonds is 7. The first-order valence-electron chi connectivity index (χ1n) is 5.65. The highest BCUT2D eigenvalue weighted by Crippen LogP contribution is 2.16. The number of para-hydroxylation sites is 1. The van der Waals surface area contributed by atoms with E-state index in [1.807, 2.05) is 12.1 Å². The highest BCUT2D eigenvalue weighted by Gasteiger charge is 2.16. The molecule has 0 atom stereocenters. The number of benzene rings is 1. The third kappa shape index (κ3) is 5.97. The topological polar surface area (TPSA) is 113 Å². The van der Waals surface area contributed by atoms with Crippen LogP contribution in [0.15, 0.2) is 24.3 Å². The van der Waals surface area contributed by atoms with Crippen molar-refractivity contribution >= 4 is 46.1 Å². The van der Waals surface area contributed by atoms with Gasteiger partial charge in [-0.05, 0) is 34.7 Å². The van der Waals surface area contributed by atoms with Crippen molar-refractivity contribution in [2.75, 3.05) is 25.0 Å². The van der Waals surface area contributed by atoms with E-state index in [1.54, 1.807) is 12.1 Å². The Bertz CT molecular complexity index is 505. The fourth-order valence-electron chi connectivity index (χ4n) is 1.53. The fraction of sp³-hybridized carbons (Fsp3) is 0.250. The summed E-state index contributed by atoms with van der Waals surface area (Å²) in [6.07, 6.45) is 0. The molecule has 4 N–H and O–H groups in total. The Balaban J connectivity index is 2.64. The number of primary amides is 1. The Labute approximate surface area is 129 Å². The van der Waals surface area contributed by atoms with Crippen LogP contribution in [0.4, 0.5) is 5.69 Å². The van der Waals surface area contributed by atoms with Crippen LogP contribution in [0.1, 0.15) is 0 Å². The standard InChI is InChI=1S/C12H14IN3O4/c13-8-3-1-2-4-9(8)15-11(18)6-16(5-10(14)17)7-12(19)20/h1-4H,5-7H2,(H2,14,17)(H,15,18)(H,19,20). The number of carboxylic acids is 1. The maximum absolute atomic E-state index is 11.8. The number of carboxylic acid groups (broad SMARTS) is 1. The highest BCUT2D eigenvalue weighted by molar-refractivity contribution is 14.1. The molecule has 0 saturated carbocycles. The van der Waals surface area contributed by atoms with Gasteiger partial charge >= 0.3 is 5.97 Å². The van der Waals surface area contributed by atoms with E-state index in [4.69, 9.17) is 10.8 Å². The van der Waals surface area contributed by atoms with Crippen LogP contribution in [0.3, 0.4) is 0 Å². The predicted molar refractivity (Wildman–Crippen MR) is 81.1 cm³/mol. The largest absolute Gasteiger partial charge is 0.480 e. The predicted octanol–water partition coefficient (Wildman–Crippen LogP) is 0.102. The van der Waals surface area contributed by atoms with Gasteiger partial charge in [-0.1, -0.05) is 12.1 Å². The number of anilines is 1. The molecule has 0 aliphatic heterocycles. The molecule has 1 aromatic rings. The highest BCUT2D eigenvalue weighted by atomic mass is 127. The second-order valence-corrected chi connectivity index (χ2v) is 5.20. The normalized spacial score (nSPS) is 10.3. The van der Waals surface area contributed by atoms with Crippen LogP contribution in [0.2, 0.25) is 0 Å². The zero-order chi connectivity index (χ0) is 15.1. The van der Waals surface area contributed by atoms with Gasteiger partial charge in [-0.25, -0.2) is 0 Å². The van der Waals surface area contributed by atoms with Gasteiger partial charge < -0.3 is 16.2 Å². The van der Waals surface area contributed by atoms with Crippen molar-refractivity contribution in [1.29, 1.82) is 0 Å². The number of halogens is 1. The van der Waals surface area contributed by atoms with Crippen molar-refractivity contribution in [3.63, 3.8) is 0 Å². The molecule has 0 bridgehead atoms. The molecule has 8 heteroatoms. The van der Waals surface area contributed by atoms with Gasteiger partial charge in [0, 0.05) is 3.57 Å². The molecule has 2 amide bonds. The van der Waals surface area contributed by atoms with Gasteiger partial charge in [-0.3, -0.25) is 19.3 Å². The molecule has 0 heterocycles. The molecule has 1 aromatic carbocycles. The average Bonchev–Trinajstić information content (AvgIpc) is 2.30. The van der Waals surface area contributed by atoms with E-state index in [0.717, 1.165) is 8.47 Å². The number of aliphatic carboxylic acids is 1. The van der Waals surface area contributed by atoms with Crippen molar-refractivity contribution in [1.82, 2.24) is 4.90 Å². The number of nitrogens with one attached hydrogen (secondary N) is 1. The molecule has 0 aliphatic rings. The van der Waals surface area contributed by atoms with Crippen molar-refractivity contribution < 1.29 is 19.5 Å². The summed E-state index contributed by atoms with van der Waals surface area (Å²) in [4.78, 5) is 34.5. The maximum atomic E-state index is 11.8. The van der Waals surface area contributed by atoms with Crippen LogP contribution >= 0.6 is 22.6 Å². The van der Waals surface area contributed by atoms with Gasteiger partial charge in [0.2, 0.25) is 11.8 Å². The monoisotopic (exact) mass is 391 g/mol. The number of nitrogens with two attached hydrogens (primary N) is 1. The minimum atomic E-state index is -1.13. The summed E-state index contributed by atoms with van der Waals surface area (Å²) in [6, 6.07) is 7.17. The van der Waals surface area contributed by atoms with E-state index < -0.39 is 24.3 Å². The number of carbonyl (C=O) groups excluding carboxylic acids is 2. The van der Waals surface area contributed by atoms with Gasteiger partial charge in [0.1, 0.15) is 0 Å². The summed E-state index contributed by atoms with van der Waals surface area (Å²) in [5.41, 5.74) is 5.65. The Morgan fingerprint density at radius 1 is 1.20 bits per heavy atom. The van der Waals surface area contributed by atoms with Crippen LogP contribution < -0.4 is 11.1 Å². The molecular formula is C12H14IN3O4. The minimum Gasteiger partial charge on any atom is -0.480 e. The SMILES string of the molecule is NC(=O)CN(CC(=O)O)CC(=O)Nc1ccccc1I. The van der Waals surface area contributed by atoms with E-state index >= 15 is 0 Å². The molecule has 0 radical (unpaired) electrons. The summed E-state index contributed by atoms with van der Waals surface area (Å²) in [6.45, 7) is -0.936. The molecule has 20 heavy (non-hydrogen) atoms. The van der Waals surface area contributed by atoms with Gasteiger partial charge in [-0.2, -0.15) is 0 Å². The van der Waals surface area contributed by atoms with Crippen molar-refractivity contribution in [2.45, 2.75) is 0 Å². The van der Waals surface area contributed by atoms with Gasteiger partial charge in [0.05, 0.1) is 25.3 Å². The van der Waals surface area contributed by atoms with E-state index in [0.29, 0.717) is 5.69 Å². The Kier molecular flexibility index (Phi) is 6.39. The molecular weight excluding hydrogens is 377 g/mol. The van der Waals surface area contributed by atoms with Crippen molar-refractivity contribution in [2.24, 2.45) is 5.73 Å². The quantitative estimate of drug-likeness (QED) is 0.571. The van der Waals surface area contributed by atoms with Crippen molar-refractivity contribution in [3.05, 3.63) is 27.8 Å². The van der Waals surface area contributed by atoms with Crippen LogP contribution in [0.25, 0.3) is 0 Å². The minimum absolute atomic E-state index is 0.222. The van der Waals surface area contributed by atoms with E-state index in [9.17, 15) is 14.4 Å². The lowest BCUT2D eigenvalue weighted by Gasteiger charge is -2.18. The van der Waals surface area contributed by atoms with E-state index in [1.165, 1.54) is 0 Å². The fourth-order valence-corrected chi connectivity index (χ4v) is 2.06. The van der Waals surface area contributed by atoms with E-state index in [2.05, 4.69) is 27.9 Å². The molecule has 0 aromatic heterocycles. The molecule has 1 rings (SSSR count). The van der Waals surface area contributed by atoms with Gasteiger partial charge in [0.25, 0.3) is 0 Å². The summed E-state index contributed by atoms with van der Waals surface area (Å²) >= 11 is 2.07.